The van der Waals surface area contributed by atoms with Crippen LogP contribution in [0.4, 0.5) is 0 Å². The Morgan fingerprint density at radius 3 is 2.64 bits per heavy atom. The Balaban J connectivity index is 2.99. The number of aliphatic hydroxyl groups excluding tert-OH is 1. The minimum Gasteiger partial charge on any atom is -0.388 e. The highest BCUT2D eigenvalue weighted by Crippen LogP contribution is 2.28. The van der Waals surface area contributed by atoms with E-state index in [1.165, 1.54) is 0 Å². The minimum atomic E-state index is -0.350. The summed E-state index contributed by atoms with van der Waals surface area (Å²) in [4.78, 5) is 0. The maximum absolute atomic E-state index is 10.1. The second kappa shape index (κ2) is 4.94. The molecule has 0 aromatic heterocycles. The molecule has 1 rings (SSSR count). The van der Waals surface area contributed by atoms with Crippen molar-refractivity contribution < 1.29 is 5.11 Å². The van der Waals surface area contributed by atoms with E-state index in [4.69, 9.17) is 0 Å². The number of aliphatic hydroxyl groups is 1. The zero-order chi connectivity index (χ0) is 10.7. The van der Waals surface area contributed by atoms with E-state index >= 15 is 0 Å². The van der Waals surface area contributed by atoms with E-state index in [1.54, 1.807) is 0 Å². The van der Waals surface area contributed by atoms with E-state index in [-0.39, 0.29) is 6.10 Å². The van der Waals surface area contributed by atoms with Gasteiger partial charge in [-0.15, -0.1) is 0 Å². The zero-order valence-electron chi connectivity index (χ0n) is 8.92. The molecule has 0 spiro atoms. The molecule has 0 aliphatic heterocycles. The van der Waals surface area contributed by atoms with Crippen molar-refractivity contribution in [3.63, 3.8) is 0 Å². The number of hydrogen-bond acceptors (Lipinski definition) is 1. The lowest BCUT2D eigenvalue weighted by Gasteiger charge is -2.19. The van der Waals surface area contributed by atoms with Gasteiger partial charge in [0.05, 0.1) is 6.10 Å². The van der Waals surface area contributed by atoms with E-state index in [1.807, 2.05) is 25.1 Å². The molecule has 2 atom stereocenters. The first kappa shape index (κ1) is 11.7. The summed E-state index contributed by atoms with van der Waals surface area (Å²) in [5, 5.41) is 10.1. The lowest BCUT2D eigenvalue weighted by Crippen LogP contribution is -2.09. The summed E-state index contributed by atoms with van der Waals surface area (Å²) < 4.78 is 1.03. The average Bonchev–Trinajstić information content (AvgIpc) is 2.19. The van der Waals surface area contributed by atoms with Crippen LogP contribution in [-0.2, 0) is 0 Å². The van der Waals surface area contributed by atoms with Gasteiger partial charge in [-0.3, -0.25) is 0 Å². The van der Waals surface area contributed by atoms with E-state index in [9.17, 15) is 5.11 Å². The fourth-order valence-electron chi connectivity index (χ4n) is 1.46. The van der Waals surface area contributed by atoms with Crippen LogP contribution in [0.3, 0.4) is 0 Å². The molecular formula is C12H17BrO. The molecule has 0 fully saturated rings. The maximum atomic E-state index is 10.1. The molecule has 14 heavy (non-hydrogen) atoms. The Morgan fingerprint density at radius 2 is 2.07 bits per heavy atom. The Bertz CT molecular complexity index is 309. The van der Waals surface area contributed by atoms with Crippen molar-refractivity contribution in [2.75, 3.05) is 0 Å². The fraction of sp³-hybridized carbons (Fsp3) is 0.500. The first-order valence-corrected chi connectivity index (χ1v) is 5.79. The summed E-state index contributed by atoms with van der Waals surface area (Å²) in [6.07, 6.45) is 0.644. The van der Waals surface area contributed by atoms with Gasteiger partial charge < -0.3 is 5.11 Å². The summed E-state index contributed by atoms with van der Waals surface area (Å²) in [7, 11) is 0. The highest BCUT2D eigenvalue weighted by Gasteiger charge is 2.16. The summed E-state index contributed by atoms with van der Waals surface area (Å²) in [5.74, 6) is 0.308. The Hall–Kier alpha value is -0.340. The first-order chi connectivity index (χ1) is 6.56. The topological polar surface area (TPSA) is 20.2 Å². The number of hydrogen-bond donors (Lipinski definition) is 1. The third kappa shape index (κ3) is 2.58. The van der Waals surface area contributed by atoms with Crippen LogP contribution in [0.25, 0.3) is 0 Å². The fourth-order valence-corrected chi connectivity index (χ4v) is 1.84. The van der Waals surface area contributed by atoms with Crippen molar-refractivity contribution in [1.29, 1.82) is 0 Å². The van der Waals surface area contributed by atoms with Crippen LogP contribution in [0.15, 0.2) is 22.7 Å². The summed E-state index contributed by atoms with van der Waals surface area (Å²) in [6, 6.07) is 6.04. The SMILES string of the molecule is CCC(C)C(O)c1cc(Br)ccc1C. The van der Waals surface area contributed by atoms with Crippen molar-refractivity contribution in [1.82, 2.24) is 0 Å². The molecule has 0 saturated heterocycles. The molecule has 0 radical (unpaired) electrons. The van der Waals surface area contributed by atoms with Crippen LogP contribution in [0.2, 0.25) is 0 Å². The van der Waals surface area contributed by atoms with Crippen molar-refractivity contribution >= 4 is 15.9 Å². The van der Waals surface area contributed by atoms with Crippen molar-refractivity contribution in [2.24, 2.45) is 5.92 Å². The second-order valence-corrected chi connectivity index (χ2v) is 4.75. The van der Waals surface area contributed by atoms with Gasteiger partial charge in [-0.1, -0.05) is 42.3 Å². The molecule has 0 aliphatic rings. The standard InChI is InChI=1S/C12H17BrO/c1-4-8(2)12(14)11-7-10(13)6-5-9(11)3/h5-8,12,14H,4H2,1-3H3. The molecule has 78 valence electrons. The Kier molecular flexibility index (Phi) is 4.14. The van der Waals surface area contributed by atoms with Gasteiger partial charge in [-0.05, 0) is 36.1 Å². The van der Waals surface area contributed by atoms with Gasteiger partial charge in [0.25, 0.3) is 0 Å². The lowest BCUT2D eigenvalue weighted by atomic mass is 9.92. The molecule has 0 heterocycles. The van der Waals surface area contributed by atoms with Crippen molar-refractivity contribution in [3.05, 3.63) is 33.8 Å². The van der Waals surface area contributed by atoms with Gasteiger partial charge >= 0.3 is 0 Å². The van der Waals surface area contributed by atoms with Crippen LogP contribution >= 0.6 is 15.9 Å². The van der Waals surface area contributed by atoms with E-state index in [0.717, 1.165) is 22.0 Å². The Morgan fingerprint density at radius 1 is 1.43 bits per heavy atom. The summed E-state index contributed by atoms with van der Waals surface area (Å²) in [5.41, 5.74) is 2.19. The van der Waals surface area contributed by atoms with Gasteiger partial charge in [0.2, 0.25) is 0 Å². The molecule has 1 N–H and O–H groups in total. The molecule has 0 aliphatic carbocycles. The van der Waals surface area contributed by atoms with Crippen LogP contribution in [0.5, 0.6) is 0 Å². The molecule has 1 nitrogen and oxygen atoms in total. The number of rotatable bonds is 3. The van der Waals surface area contributed by atoms with Crippen LogP contribution < -0.4 is 0 Å². The van der Waals surface area contributed by atoms with Crippen LogP contribution in [-0.4, -0.2) is 5.11 Å². The molecule has 1 aromatic carbocycles. The smallest absolute Gasteiger partial charge is 0.0818 e. The lowest BCUT2D eigenvalue weighted by molar-refractivity contribution is 0.115. The largest absolute Gasteiger partial charge is 0.388 e. The summed E-state index contributed by atoms with van der Waals surface area (Å²) >= 11 is 3.42. The second-order valence-electron chi connectivity index (χ2n) is 3.83. The van der Waals surface area contributed by atoms with Gasteiger partial charge in [-0.2, -0.15) is 0 Å². The van der Waals surface area contributed by atoms with Crippen molar-refractivity contribution in [3.8, 4) is 0 Å². The van der Waals surface area contributed by atoms with E-state index in [2.05, 4.69) is 29.8 Å². The number of benzene rings is 1. The molecule has 1 aromatic rings. The molecular weight excluding hydrogens is 240 g/mol. The molecule has 2 unspecified atom stereocenters. The molecule has 0 saturated carbocycles. The third-order valence-corrected chi connectivity index (χ3v) is 3.24. The van der Waals surface area contributed by atoms with Crippen LogP contribution in [0, 0.1) is 12.8 Å². The summed E-state index contributed by atoms with van der Waals surface area (Å²) in [6.45, 7) is 6.21. The van der Waals surface area contributed by atoms with Crippen LogP contribution in [0.1, 0.15) is 37.5 Å². The number of aryl methyl sites for hydroxylation is 1. The van der Waals surface area contributed by atoms with Gasteiger partial charge in [0.15, 0.2) is 0 Å². The number of halogens is 1. The van der Waals surface area contributed by atoms with Gasteiger partial charge in [-0.25, -0.2) is 0 Å². The minimum absolute atomic E-state index is 0.308. The normalized spacial score (nSPS) is 15.2. The molecule has 0 bridgehead atoms. The average molecular weight is 257 g/mol. The monoisotopic (exact) mass is 256 g/mol. The van der Waals surface area contributed by atoms with Gasteiger partial charge in [0, 0.05) is 4.47 Å². The predicted molar refractivity (Wildman–Crippen MR) is 63.3 cm³/mol. The highest BCUT2D eigenvalue weighted by atomic mass is 79.9. The third-order valence-electron chi connectivity index (χ3n) is 2.74. The quantitative estimate of drug-likeness (QED) is 0.872. The van der Waals surface area contributed by atoms with Gasteiger partial charge in [0.1, 0.15) is 0 Å². The zero-order valence-corrected chi connectivity index (χ0v) is 10.5. The van der Waals surface area contributed by atoms with E-state index < -0.39 is 0 Å². The van der Waals surface area contributed by atoms with E-state index in [0.29, 0.717) is 5.92 Å². The van der Waals surface area contributed by atoms with Crippen molar-refractivity contribution in [2.45, 2.75) is 33.3 Å². The molecule has 2 heteroatoms. The first-order valence-electron chi connectivity index (χ1n) is 5.00. The maximum Gasteiger partial charge on any atom is 0.0818 e. The predicted octanol–water partition coefficient (Wildman–Crippen LogP) is 3.84. The highest BCUT2D eigenvalue weighted by molar-refractivity contribution is 9.10. The Labute approximate surface area is 94.3 Å². The molecule has 0 amide bonds.